The Morgan fingerprint density at radius 3 is 2.44 bits per heavy atom. The Kier molecular flexibility index (Phi) is 1.49. The van der Waals surface area contributed by atoms with Crippen LogP contribution in [0.25, 0.3) is 0 Å². The zero-order chi connectivity index (χ0) is 6.43. The summed E-state index contributed by atoms with van der Waals surface area (Å²) < 4.78 is 2.54. The second-order valence-corrected chi connectivity index (χ2v) is 4.47. The Morgan fingerprint density at radius 2 is 2.22 bits per heavy atom. The van der Waals surface area contributed by atoms with E-state index >= 15 is 0 Å². The quantitative estimate of drug-likeness (QED) is 0.461. The van der Waals surface area contributed by atoms with Gasteiger partial charge in [-0.05, 0) is 25.2 Å². The minimum absolute atomic E-state index is 0.926. The van der Waals surface area contributed by atoms with Crippen molar-refractivity contribution >= 4 is 22.9 Å². The van der Waals surface area contributed by atoms with Gasteiger partial charge in [0.25, 0.3) is 0 Å². The van der Waals surface area contributed by atoms with Crippen LogP contribution in [0.15, 0.2) is 0 Å². The largest absolute Gasteiger partial charge is 0.241 e. The molecule has 2 saturated heterocycles. The summed E-state index contributed by atoms with van der Waals surface area (Å²) >= 11 is 2.50. The Morgan fingerprint density at radius 1 is 1.44 bits per heavy atom. The smallest absolute Gasteiger partial charge is 0.0224 e. The van der Waals surface area contributed by atoms with E-state index in [2.05, 4.69) is 32.9 Å². The van der Waals surface area contributed by atoms with Gasteiger partial charge in [0, 0.05) is 34.9 Å². The Balaban J connectivity index is 2.16. The maximum Gasteiger partial charge on any atom is 0.0224 e. The summed E-state index contributed by atoms with van der Waals surface area (Å²) in [6, 6.07) is 1.86. The molecule has 2 aliphatic rings. The molecule has 3 unspecified atom stereocenters. The summed E-state index contributed by atoms with van der Waals surface area (Å²) in [6.45, 7) is 2.38. The van der Waals surface area contributed by atoms with Crippen LogP contribution in [0.3, 0.4) is 0 Å². The molecule has 0 aromatic heterocycles. The molecule has 2 aliphatic heterocycles. The van der Waals surface area contributed by atoms with Crippen molar-refractivity contribution in [2.75, 3.05) is 0 Å². The van der Waals surface area contributed by atoms with Crippen LogP contribution in [0.5, 0.6) is 0 Å². The van der Waals surface area contributed by atoms with E-state index in [1.165, 1.54) is 19.3 Å². The highest BCUT2D eigenvalue weighted by Gasteiger charge is 2.42. The standard InChI is InChI=1S/C7H12IN/c1-5-4-6-2-3-7(5)9(6)8/h5-7H,2-4H2,1H3. The first-order valence-electron chi connectivity index (χ1n) is 3.73. The number of fused-ring (bicyclic) bond motifs is 2. The average Bonchev–Trinajstić information content (AvgIpc) is 2.25. The maximum absolute atomic E-state index is 2.54. The van der Waals surface area contributed by atoms with E-state index < -0.39 is 0 Å². The van der Waals surface area contributed by atoms with E-state index in [9.17, 15) is 0 Å². The summed E-state index contributed by atoms with van der Waals surface area (Å²) in [7, 11) is 0. The zero-order valence-corrected chi connectivity index (χ0v) is 7.84. The molecule has 9 heavy (non-hydrogen) atoms. The van der Waals surface area contributed by atoms with Crippen molar-refractivity contribution < 1.29 is 0 Å². The van der Waals surface area contributed by atoms with Crippen LogP contribution < -0.4 is 0 Å². The number of hydrogen-bond donors (Lipinski definition) is 0. The van der Waals surface area contributed by atoms with E-state index in [1.54, 1.807) is 0 Å². The molecule has 0 radical (unpaired) electrons. The third-order valence-corrected chi connectivity index (χ3v) is 4.27. The molecule has 2 rings (SSSR count). The van der Waals surface area contributed by atoms with Crippen LogP contribution in [0, 0.1) is 5.92 Å². The molecular formula is C7H12IN. The second-order valence-electron chi connectivity index (χ2n) is 3.36. The van der Waals surface area contributed by atoms with Gasteiger partial charge in [-0.3, -0.25) is 0 Å². The fraction of sp³-hybridized carbons (Fsp3) is 1.00. The molecule has 2 heteroatoms. The van der Waals surface area contributed by atoms with E-state index in [-0.39, 0.29) is 0 Å². The van der Waals surface area contributed by atoms with E-state index in [1.807, 2.05) is 0 Å². The molecule has 0 aliphatic carbocycles. The third-order valence-electron chi connectivity index (χ3n) is 2.76. The zero-order valence-electron chi connectivity index (χ0n) is 5.68. The van der Waals surface area contributed by atoms with Crippen molar-refractivity contribution in [1.82, 2.24) is 3.11 Å². The van der Waals surface area contributed by atoms with Gasteiger partial charge in [-0.2, -0.15) is 0 Å². The maximum atomic E-state index is 2.54. The van der Waals surface area contributed by atoms with Crippen LogP contribution in [0.1, 0.15) is 26.2 Å². The van der Waals surface area contributed by atoms with Crippen molar-refractivity contribution in [3.05, 3.63) is 0 Å². The first kappa shape index (κ1) is 6.40. The van der Waals surface area contributed by atoms with Crippen LogP contribution >= 0.6 is 22.9 Å². The summed E-state index contributed by atoms with van der Waals surface area (Å²) in [4.78, 5) is 0. The summed E-state index contributed by atoms with van der Waals surface area (Å²) in [5.41, 5.74) is 0. The Hall–Kier alpha value is 0.690. The van der Waals surface area contributed by atoms with Crippen LogP contribution in [0.4, 0.5) is 0 Å². The van der Waals surface area contributed by atoms with Crippen LogP contribution in [-0.2, 0) is 0 Å². The lowest BCUT2D eigenvalue weighted by Gasteiger charge is -2.14. The van der Waals surface area contributed by atoms with Crippen molar-refractivity contribution in [3.8, 4) is 0 Å². The van der Waals surface area contributed by atoms with Crippen molar-refractivity contribution in [3.63, 3.8) is 0 Å². The van der Waals surface area contributed by atoms with Gasteiger partial charge in [-0.25, -0.2) is 3.11 Å². The SMILES string of the molecule is CC1CC2CCC1N2I. The second kappa shape index (κ2) is 2.09. The van der Waals surface area contributed by atoms with Gasteiger partial charge in [0.2, 0.25) is 0 Å². The lowest BCUT2D eigenvalue weighted by atomic mass is 9.91. The molecule has 1 nitrogen and oxygen atoms in total. The van der Waals surface area contributed by atoms with Crippen molar-refractivity contribution in [2.24, 2.45) is 5.92 Å². The van der Waals surface area contributed by atoms with E-state index in [0.717, 1.165) is 18.0 Å². The van der Waals surface area contributed by atoms with Gasteiger partial charge in [-0.1, -0.05) is 6.92 Å². The summed E-state index contributed by atoms with van der Waals surface area (Å²) in [5.74, 6) is 0.973. The molecule has 0 aromatic rings. The topological polar surface area (TPSA) is 3.24 Å². The van der Waals surface area contributed by atoms with Crippen molar-refractivity contribution in [1.29, 1.82) is 0 Å². The van der Waals surface area contributed by atoms with Crippen molar-refractivity contribution in [2.45, 2.75) is 38.3 Å². The van der Waals surface area contributed by atoms with Gasteiger partial charge in [0.15, 0.2) is 0 Å². The van der Waals surface area contributed by atoms with Gasteiger partial charge in [0.1, 0.15) is 0 Å². The minimum Gasteiger partial charge on any atom is -0.241 e. The highest BCUT2D eigenvalue weighted by molar-refractivity contribution is 14.1. The normalized spacial score (nSPS) is 50.7. The number of halogens is 1. The lowest BCUT2D eigenvalue weighted by molar-refractivity contribution is 0.419. The Labute approximate surface area is 70.3 Å². The molecule has 2 heterocycles. The number of nitrogens with zero attached hydrogens (tertiary/aromatic N) is 1. The number of hydrogen-bond acceptors (Lipinski definition) is 1. The molecule has 0 amide bonds. The highest BCUT2D eigenvalue weighted by atomic mass is 127. The molecule has 0 spiro atoms. The average molecular weight is 237 g/mol. The molecule has 0 saturated carbocycles. The van der Waals surface area contributed by atoms with Gasteiger partial charge in [0.05, 0.1) is 0 Å². The first-order chi connectivity index (χ1) is 4.29. The molecule has 3 atom stereocenters. The predicted octanol–water partition coefficient (Wildman–Crippen LogP) is 2.21. The lowest BCUT2D eigenvalue weighted by Crippen LogP contribution is -2.18. The van der Waals surface area contributed by atoms with E-state index in [4.69, 9.17) is 0 Å². The summed E-state index contributed by atoms with van der Waals surface area (Å²) in [5, 5.41) is 0. The summed E-state index contributed by atoms with van der Waals surface area (Å²) in [6.07, 6.45) is 4.36. The minimum atomic E-state index is 0.926. The fourth-order valence-electron chi connectivity index (χ4n) is 2.21. The first-order valence-corrected chi connectivity index (χ1v) is 4.69. The predicted molar refractivity (Wildman–Crippen MR) is 46.5 cm³/mol. The third kappa shape index (κ3) is 0.827. The Bertz CT molecular complexity index is 126. The van der Waals surface area contributed by atoms with Gasteiger partial charge >= 0.3 is 0 Å². The molecule has 2 fully saturated rings. The fourth-order valence-corrected chi connectivity index (χ4v) is 3.55. The number of rotatable bonds is 0. The molecule has 2 bridgehead atoms. The monoisotopic (exact) mass is 237 g/mol. The molecule has 0 N–H and O–H groups in total. The van der Waals surface area contributed by atoms with Crippen LogP contribution in [-0.4, -0.2) is 15.2 Å². The van der Waals surface area contributed by atoms with Gasteiger partial charge < -0.3 is 0 Å². The molecule has 0 aromatic carbocycles. The van der Waals surface area contributed by atoms with Gasteiger partial charge in [-0.15, -0.1) is 0 Å². The highest BCUT2D eigenvalue weighted by Crippen LogP contribution is 2.43. The van der Waals surface area contributed by atoms with Crippen LogP contribution in [0.2, 0.25) is 0 Å². The van der Waals surface area contributed by atoms with E-state index in [0.29, 0.717) is 0 Å². The molecule has 52 valence electrons. The molecular weight excluding hydrogens is 225 g/mol.